The molecule has 4 rings (SSSR count). The Morgan fingerprint density at radius 1 is 1.07 bits per heavy atom. The minimum atomic E-state index is 0.399. The van der Waals surface area contributed by atoms with Gasteiger partial charge in [-0.25, -0.2) is 0 Å². The predicted octanol–water partition coefficient (Wildman–Crippen LogP) is 2.80. The molecule has 2 aromatic rings. The molecule has 27 heavy (non-hydrogen) atoms. The van der Waals surface area contributed by atoms with Crippen molar-refractivity contribution in [1.29, 1.82) is 0 Å². The van der Waals surface area contributed by atoms with E-state index in [0.717, 1.165) is 37.7 Å². The maximum absolute atomic E-state index is 5.93. The lowest BCUT2D eigenvalue weighted by molar-refractivity contribution is 0.168. The molecule has 2 fully saturated rings. The summed E-state index contributed by atoms with van der Waals surface area (Å²) in [5, 5.41) is 0. The van der Waals surface area contributed by atoms with Gasteiger partial charge in [-0.3, -0.25) is 15.8 Å². The quantitative estimate of drug-likeness (QED) is 0.788. The summed E-state index contributed by atoms with van der Waals surface area (Å²) in [6, 6.07) is 19.5. The Morgan fingerprint density at radius 2 is 1.93 bits per heavy atom. The average Bonchev–Trinajstić information content (AvgIpc) is 3.38. The van der Waals surface area contributed by atoms with Crippen molar-refractivity contribution in [3.05, 3.63) is 60.2 Å². The molecule has 0 radical (unpaired) electrons. The summed E-state index contributed by atoms with van der Waals surface area (Å²) >= 11 is 0. The molecule has 0 spiro atoms. The van der Waals surface area contributed by atoms with Gasteiger partial charge in [-0.05, 0) is 49.2 Å². The molecule has 2 N–H and O–H groups in total. The van der Waals surface area contributed by atoms with Crippen LogP contribution in [0.3, 0.4) is 0 Å². The first kappa shape index (κ1) is 18.3. The van der Waals surface area contributed by atoms with Crippen LogP contribution in [0.25, 0.3) is 0 Å². The highest BCUT2D eigenvalue weighted by molar-refractivity contribution is 5.33. The summed E-state index contributed by atoms with van der Waals surface area (Å²) < 4.78 is 11.4. The Morgan fingerprint density at radius 3 is 2.78 bits per heavy atom. The van der Waals surface area contributed by atoms with Gasteiger partial charge in [-0.2, -0.15) is 0 Å². The van der Waals surface area contributed by atoms with Gasteiger partial charge in [-0.15, -0.1) is 0 Å². The molecular formula is C22H29N3O2. The second-order valence-electron chi connectivity index (χ2n) is 7.34. The molecular weight excluding hydrogens is 338 g/mol. The van der Waals surface area contributed by atoms with Crippen molar-refractivity contribution in [2.45, 2.75) is 30.8 Å². The standard InChI is InChI=1S/C22H29N3O2/c1-26-19-10-5-7-17(15-19)20-16-23-24-22(20)21-11-6-12-25(21)13-14-27-18-8-3-2-4-9-18/h2-5,7-10,15,20-24H,6,11-14,16H2,1H3. The molecule has 144 valence electrons. The van der Waals surface area contributed by atoms with E-state index in [1.807, 2.05) is 36.4 Å². The van der Waals surface area contributed by atoms with Gasteiger partial charge in [-0.1, -0.05) is 30.3 Å². The topological polar surface area (TPSA) is 45.8 Å². The number of likely N-dealkylation sites (tertiary alicyclic amines) is 1. The number of ether oxygens (including phenoxy) is 2. The highest BCUT2D eigenvalue weighted by atomic mass is 16.5. The van der Waals surface area contributed by atoms with E-state index in [9.17, 15) is 0 Å². The Hall–Kier alpha value is -2.08. The third kappa shape index (κ3) is 4.26. The van der Waals surface area contributed by atoms with Crippen molar-refractivity contribution in [3.8, 4) is 11.5 Å². The molecule has 0 aromatic heterocycles. The SMILES string of the molecule is COc1cccc(C2CNNC2C2CCCN2CCOc2ccccc2)c1. The third-order valence-electron chi connectivity index (χ3n) is 5.77. The maximum atomic E-state index is 5.93. The zero-order valence-corrected chi connectivity index (χ0v) is 15.9. The second-order valence-corrected chi connectivity index (χ2v) is 7.34. The summed E-state index contributed by atoms with van der Waals surface area (Å²) in [7, 11) is 1.73. The molecule has 0 saturated carbocycles. The summed E-state index contributed by atoms with van der Waals surface area (Å²) in [5.74, 6) is 2.32. The van der Waals surface area contributed by atoms with Crippen molar-refractivity contribution in [2.24, 2.45) is 0 Å². The highest BCUT2D eigenvalue weighted by Gasteiger charge is 2.39. The van der Waals surface area contributed by atoms with Crippen molar-refractivity contribution >= 4 is 0 Å². The van der Waals surface area contributed by atoms with Crippen LogP contribution in [-0.4, -0.2) is 50.3 Å². The fraction of sp³-hybridized carbons (Fsp3) is 0.455. The zero-order valence-electron chi connectivity index (χ0n) is 15.9. The number of hydrazine groups is 1. The van der Waals surface area contributed by atoms with E-state index in [-0.39, 0.29) is 0 Å². The zero-order chi connectivity index (χ0) is 18.5. The van der Waals surface area contributed by atoms with Gasteiger partial charge in [0.15, 0.2) is 0 Å². The number of nitrogens with zero attached hydrogens (tertiary/aromatic N) is 1. The summed E-state index contributed by atoms with van der Waals surface area (Å²) in [6.45, 7) is 3.78. The molecule has 2 saturated heterocycles. The van der Waals surface area contributed by atoms with Gasteiger partial charge in [0.1, 0.15) is 18.1 Å². The fourth-order valence-electron chi connectivity index (χ4n) is 4.41. The maximum Gasteiger partial charge on any atom is 0.119 e. The van der Waals surface area contributed by atoms with Gasteiger partial charge in [0.2, 0.25) is 0 Å². The van der Waals surface area contributed by atoms with Gasteiger partial charge < -0.3 is 9.47 Å². The molecule has 5 heteroatoms. The van der Waals surface area contributed by atoms with Crippen molar-refractivity contribution in [2.75, 3.05) is 33.4 Å². The van der Waals surface area contributed by atoms with Crippen LogP contribution in [0.15, 0.2) is 54.6 Å². The van der Waals surface area contributed by atoms with Gasteiger partial charge in [0, 0.05) is 31.1 Å². The van der Waals surface area contributed by atoms with E-state index in [4.69, 9.17) is 9.47 Å². The number of hydrogen-bond acceptors (Lipinski definition) is 5. The third-order valence-corrected chi connectivity index (χ3v) is 5.77. The van der Waals surface area contributed by atoms with Crippen LogP contribution in [0.4, 0.5) is 0 Å². The van der Waals surface area contributed by atoms with Gasteiger partial charge in [0.05, 0.1) is 7.11 Å². The number of nitrogens with one attached hydrogen (secondary N) is 2. The Kier molecular flexibility index (Phi) is 5.92. The number of methoxy groups -OCH3 is 1. The molecule has 2 aromatic carbocycles. The summed E-state index contributed by atoms with van der Waals surface area (Å²) in [6.07, 6.45) is 2.48. The van der Waals surface area contributed by atoms with E-state index in [0.29, 0.717) is 18.0 Å². The number of para-hydroxylation sites is 1. The summed E-state index contributed by atoms with van der Waals surface area (Å²) in [4.78, 5) is 2.58. The monoisotopic (exact) mass is 367 g/mol. The van der Waals surface area contributed by atoms with Crippen LogP contribution in [0.1, 0.15) is 24.3 Å². The van der Waals surface area contributed by atoms with Crippen molar-refractivity contribution in [1.82, 2.24) is 15.8 Å². The minimum Gasteiger partial charge on any atom is -0.497 e. The van der Waals surface area contributed by atoms with Crippen LogP contribution < -0.4 is 20.3 Å². The smallest absolute Gasteiger partial charge is 0.119 e. The molecule has 5 nitrogen and oxygen atoms in total. The van der Waals surface area contributed by atoms with Crippen LogP contribution in [-0.2, 0) is 0 Å². The molecule has 2 aliphatic rings. The summed E-state index contributed by atoms with van der Waals surface area (Å²) in [5.41, 5.74) is 8.28. The van der Waals surface area contributed by atoms with Crippen molar-refractivity contribution in [3.63, 3.8) is 0 Å². The lowest BCUT2D eigenvalue weighted by atomic mass is 9.87. The normalized spacial score (nSPS) is 25.6. The molecule has 2 aliphatic heterocycles. The number of hydrogen-bond donors (Lipinski definition) is 2. The first-order valence-electron chi connectivity index (χ1n) is 9.89. The number of rotatable bonds is 7. The molecule has 0 amide bonds. The Balaban J connectivity index is 1.39. The Bertz CT molecular complexity index is 725. The fourth-order valence-corrected chi connectivity index (χ4v) is 4.41. The highest BCUT2D eigenvalue weighted by Crippen LogP contribution is 2.32. The van der Waals surface area contributed by atoms with Crippen LogP contribution in [0.2, 0.25) is 0 Å². The van der Waals surface area contributed by atoms with E-state index in [1.165, 1.54) is 18.4 Å². The lowest BCUT2D eigenvalue weighted by Gasteiger charge is -2.32. The van der Waals surface area contributed by atoms with E-state index in [1.54, 1.807) is 7.11 Å². The molecule has 3 unspecified atom stereocenters. The average molecular weight is 367 g/mol. The molecule has 2 heterocycles. The minimum absolute atomic E-state index is 0.399. The second kappa shape index (κ2) is 8.74. The van der Waals surface area contributed by atoms with Crippen LogP contribution >= 0.6 is 0 Å². The first-order valence-corrected chi connectivity index (χ1v) is 9.89. The first-order chi connectivity index (χ1) is 13.3. The van der Waals surface area contributed by atoms with Gasteiger partial charge >= 0.3 is 0 Å². The van der Waals surface area contributed by atoms with E-state index < -0.39 is 0 Å². The van der Waals surface area contributed by atoms with E-state index >= 15 is 0 Å². The van der Waals surface area contributed by atoms with Gasteiger partial charge in [0.25, 0.3) is 0 Å². The molecule has 3 atom stereocenters. The molecule has 0 bridgehead atoms. The lowest BCUT2D eigenvalue weighted by Crippen LogP contribution is -2.48. The Labute approximate surface area is 161 Å². The molecule has 0 aliphatic carbocycles. The van der Waals surface area contributed by atoms with E-state index in [2.05, 4.69) is 34.0 Å². The largest absolute Gasteiger partial charge is 0.497 e. The van der Waals surface area contributed by atoms with Crippen LogP contribution in [0.5, 0.6) is 11.5 Å². The van der Waals surface area contributed by atoms with Crippen molar-refractivity contribution < 1.29 is 9.47 Å². The van der Waals surface area contributed by atoms with Crippen LogP contribution in [0, 0.1) is 0 Å². The predicted molar refractivity (Wildman–Crippen MR) is 107 cm³/mol. The number of benzene rings is 2.